The van der Waals surface area contributed by atoms with Crippen LogP contribution in [-0.2, 0) is 14.8 Å². The van der Waals surface area contributed by atoms with Crippen LogP contribution in [0.1, 0.15) is 19.8 Å². The molecule has 8 nitrogen and oxygen atoms in total. The van der Waals surface area contributed by atoms with Gasteiger partial charge in [0.15, 0.2) is 4.90 Å². The minimum absolute atomic E-state index is 0.0174. The van der Waals surface area contributed by atoms with Crippen molar-refractivity contribution >= 4 is 21.7 Å². The summed E-state index contributed by atoms with van der Waals surface area (Å²) in [7, 11) is -4.46. The molecule has 0 radical (unpaired) electrons. The van der Waals surface area contributed by atoms with E-state index in [4.69, 9.17) is 5.11 Å². The number of carbonyl (C=O) groups is 1. The number of hydrogen-bond acceptors (Lipinski definition) is 5. The molecule has 0 aliphatic rings. The van der Waals surface area contributed by atoms with E-state index in [0.717, 1.165) is 12.1 Å². The number of rotatable bonds is 7. The predicted octanol–water partition coefficient (Wildman–Crippen LogP) is 1.27. The Labute approximate surface area is 119 Å². The molecular formula is C11H13FN2O6S. The number of nitrogens with zero attached hydrogens (tertiary/aromatic N) is 1. The third kappa shape index (κ3) is 4.20. The van der Waals surface area contributed by atoms with Gasteiger partial charge in [-0.05, 0) is 18.6 Å². The lowest BCUT2D eigenvalue weighted by molar-refractivity contribution is -0.388. The van der Waals surface area contributed by atoms with Crippen LogP contribution in [0.3, 0.4) is 0 Å². The second kappa shape index (κ2) is 6.59. The summed E-state index contributed by atoms with van der Waals surface area (Å²) in [6, 6.07) is 0.520. The Morgan fingerprint density at radius 3 is 2.62 bits per heavy atom. The predicted molar refractivity (Wildman–Crippen MR) is 69.7 cm³/mol. The molecule has 10 heteroatoms. The summed E-state index contributed by atoms with van der Waals surface area (Å²) >= 11 is 0. The second-order valence-corrected chi connectivity index (χ2v) is 5.85. The first-order valence-electron chi connectivity index (χ1n) is 5.88. The molecule has 1 aromatic carbocycles. The molecule has 21 heavy (non-hydrogen) atoms. The van der Waals surface area contributed by atoms with Crippen molar-refractivity contribution in [2.75, 3.05) is 0 Å². The van der Waals surface area contributed by atoms with Crippen LogP contribution < -0.4 is 4.72 Å². The number of sulfonamides is 1. The molecule has 1 atom stereocenters. The minimum atomic E-state index is -4.46. The lowest BCUT2D eigenvalue weighted by Gasteiger charge is -2.13. The Bertz CT molecular complexity index is 661. The standard InChI is InChI=1S/C11H13FN2O6S/c1-2-3-8(11(15)16)13-21(19,20)10-5-4-7(12)6-9(10)14(17)18/h4-6,8,13H,2-3H2,1H3,(H,15,16)/t8-/m0/s1. The van der Waals surface area contributed by atoms with Gasteiger partial charge in [0.05, 0.1) is 11.0 Å². The summed E-state index contributed by atoms with van der Waals surface area (Å²) in [6.45, 7) is 1.66. The monoisotopic (exact) mass is 320 g/mol. The van der Waals surface area contributed by atoms with E-state index in [-0.39, 0.29) is 6.42 Å². The molecule has 0 saturated heterocycles. The summed E-state index contributed by atoms with van der Waals surface area (Å²) in [4.78, 5) is 19.9. The number of carboxylic acid groups (broad SMARTS) is 1. The number of nitro benzene ring substituents is 1. The van der Waals surface area contributed by atoms with Crippen LogP contribution >= 0.6 is 0 Å². The van der Waals surface area contributed by atoms with E-state index in [1.807, 2.05) is 4.72 Å². The Hall–Kier alpha value is -2.07. The van der Waals surface area contributed by atoms with Gasteiger partial charge in [-0.25, -0.2) is 12.8 Å². The maximum atomic E-state index is 13.0. The molecule has 0 unspecified atom stereocenters. The molecule has 1 rings (SSSR count). The van der Waals surface area contributed by atoms with Crippen LogP contribution in [0.15, 0.2) is 23.1 Å². The summed E-state index contributed by atoms with van der Waals surface area (Å²) in [5.41, 5.74) is -0.955. The number of aliphatic carboxylic acids is 1. The highest BCUT2D eigenvalue weighted by Crippen LogP contribution is 2.24. The van der Waals surface area contributed by atoms with E-state index in [0.29, 0.717) is 12.5 Å². The molecule has 116 valence electrons. The average molecular weight is 320 g/mol. The maximum absolute atomic E-state index is 13.0. The van der Waals surface area contributed by atoms with Crippen molar-refractivity contribution in [3.63, 3.8) is 0 Å². The average Bonchev–Trinajstić information content (AvgIpc) is 2.37. The Morgan fingerprint density at radius 1 is 1.52 bits per heavy atom. The van der Waals surface area contributed by atoms with Crippen molar-refractivity contribution in [3.8, 4) is 0 Å². The van der Waals surface area contributed by atoms with Crippen LogP contribution in [-0.4, -0.2) is 30.5 Å². The van der Waals surface area contributed by atoms with E-state index in [9.17, 15) is 27.7 Å². The zero-order valence-corrected chi connectivity index (χ0v) is 11.8. The molecule has 0 saturated carbocycles. The summed E-state index contributed by atoms with van der Waals surface area (Å²) < 4.78 is 39.0. The maximum Gasteiger partial charge on any atom is 0.321 e. The SMILES string of the molecule is CCC[C@H](NS(=O)(=O)c1ccc(F)cc1[N+](=O)[O-])C(=O)O. The van der Waals surface area contributed by atoms with E-state index in [1.54, 1.807) is 6.92 Å². The van der Waals surface area contributed by atoms with Gasteiger partial charge in [0.25, 0.3) is 5.69 Å². The van der Waals surface area contributed by atoms with Crippen LogP contribution in [0.25, 0.3) is 0 Å². The number of nitrogens with one attached hydrogen (secondary N) is 1. The fourth-order valence-corrected chi connectivity index (χ4v) is 3.01. The van der Waals surface area contributed by atoms with Crippen molar-refractivity contribution in [2.45, 2.75) is 30.7 Å². The number of benzene rings is 1. The summed E-state index contributed by atoms with van der Waals surface area (Å²) in [6.07, 6.45) is 0.411. The molecule has 0 heterocycles. The highest BCUT2D eigenvalue weighted by Gasteiger charge is 2.30. The van der Waals surface area contributed by atoms with Crippen molar-refractivity contribution < 1.29 is 27.6 Å². The zero-order valence-electron chi connectivity index (χ0n) is 10.9. The smallest absolute Gasteiger partial charge is 0.321 e. The minimum Gasteiger partial charge on any atom is -0.480 e. The van der Waals surface area contributed by atoms with E-state index >= 15 is 0 Å². The largest absolute Gasteiger partial charge is 0.480 e. The molecular weight excluding hydrogens is 307 g/mol. The second-order valence-electron chi connectivity index (χ2n) is 4.17. The number of hydrogen-bond donors (Lipinski definition) is 2. The quantitative estimate of drug-likeness (QED) is 0.575. The van der Waals surface area contributed by atoms with Gasteiger partial charge in [-0.3, -0.25) is 14.9 Å². The van der Waals surface area contributed by atoms with Gasteiger partial charge in [0.1, 0.15) is 11.9 Å². The molecule has 0 aliphatic heterocycles. The number of carboxylic acids is 1. The zero-order chi connectivity index (χ0) is 16.2. The van der Waals surface area contributed by atoms with Gasteiger partial charge >= 0.3 is 5.97 Å². The first kappa shape index (κ1) is 17.0. The molecule has 0 amide bonds. The highest BCUT2D eigenvalue weighted by molar-refractivity contribution is 7.89. The van der Waals surface area contributed by atoms with E-state index in [1.165, 1.54) is 0 Å². The molecule has 0 aromatic heterocycles. The van der Waals surface area contributed by atoms with Gasteiger partial charge in [-0.2, -0.15) is 4.72 Å². The van der Waals surface area contributed by atoms with Crippen molar-refractivity contribution in [2.24, 2.45) is 0 Å². The van der Waals surface area contributed by atoms with Crippen LogP contribution in [0.5, 0.6) is 0 Å². The fraction of sp³-hybridized carbons (Fsp3) is 0.364. The van der Waals surface area contributed by atoms with E-state index < -0.39 is 43.4 Å². The Morgan fingerprint density at radius 2 is 2.14 bits per heavy atom. The summed E-state index contributed by atoms with van der Waals surface area (Å²) in [5.74, 6) is -2.37. The molecule has 2 N–H and O–H groups in total. The van der Waals surface area contributed by atoms with Gasteiger partial charge in [0.2, 0.25) is 10.0 Å². The highest BCUT2D eigenvalue weighted by atomic mass is 32.2. The van der Waals surface area contributed by atoms with Crippen molar-refractivity contribution in [3.05, 3.63) is 34.1 Å². The van der Waals surface area contributed by atoms with Gasteiger partial charge in [-0.15, -0.1) is 0 Å². The molecule has 0 spiro atoms. The van der Waals surface area contributed by atoms with Crippen molar-refractivity contribution in [1.82, 2.24) is 4.72 Å². The normalized spacial score (nSPS) is 12.9. The Balaban J connectivity index is 3.25. The van der Waals surface area contributed by atoms with Gasteiger partial charge in [-0.1, -0.05) is 13.3 Å². The van der Waals surface area contributed by atoms with Gasteiger partial charge in [0, 0.05) is 0 Å². The Kier molecular flexibility index (Phi) is 5.33. The van der Waals surface area contributed by atoms with E-state index in [2.05, 4.69) is 0 Å². The van der Waals surface area contributed by atoms with Crippen LogP contribution in [0.4, 0.5) is 10.1 Å². The molecule has 0 bridgehead atoms. The molecule has 0 aliphatic carbocycles. The first-order valence-corrected chi connectivity index (χ1v) is 7.36. The van der Waals surface area contributed by atoms with Crippen LogP contribution in [0, 0.1) is 15.9 Å². The van der Waals surface area contributed by atoms with Gasteiger partial charge < -0.3 is 5.11 Å². The number of nitro groups is 1. The van der Waals surface area contributed by atoms with Crippen molar-refractivity contribution in [1.29, 1.82) is 0 Å². The lowest BCUT2D eigenvalue weighted by Crippen LogP contribution is -2.40. The fourth-order valence-electron chi connectivity index (χ4n) is 1.63. The third-order valence-electron chi connectivity index (χ3n) is 2.58. The molecule has 1 aromatic rings. The summed E-state index contributed by atoms with van der Waals surface area (Å²) in [5, 5.41) is 19.7. The topological polar surface area (TPSA) is 127 Å². The lowest BCUT2D eigenvalue weighted by atomic mass is 10.2. The third-order valence-corrected chi connectivity index (χ3v) is 4.10. The number of halogens is 1. The molecule has 0 fully saturated rings. The van der Waals surface area contributed by atoms with Crippen LogP contribution in [0.2, 0.25) is 0 Å². The first-order chi connectivity index (χ1) is 9.69.